The molecule has 0 saturated carbocycles. The van der Waals surface area contributed by atoms with Crippen LogP contribution >= 0.6 is 45.8 Å². The lowest BCUT2D eigenvalue weighted by molar-refractivity contribution is -0.685. The van der Waals surface area contributed by atoms with Crippen molar-refractivity contribution in [1.82, 2.24) is 4.57 Å². The maximum Gasteiger partial charge on any atom is 0.271 e. The quantitative estimate of drug-likeness (QED) is 0.379. The van der Waals surface area contributed by atoms with E-state index in [1.807, 2.05) is 34.8 Å². The number of aryl methyl sites for hydroxylation is 2. The molecule has 0 aliphatic carbocycles. The van der Waals surface area contributed by atoms with Gasteiger partial charge in [0.15, 0.2) is 12.7 Å². The lowest BCUT2D eigenvalue weighted by atomic mass is 10.2. The van der Waals surface area contributed by atoms with Crippen molar-refractivity contribution in [2.45, 2.75) is 38.8 Å². The SMILES string of the molecule is CCn1c(=O)/c(=C2\Sc3cc(F)ccc3N2C)s/c1=C\c1scc[n+]1Cc1cc(C)sc1C. The van der Waals surface area contributed by atoms with Gasteiger partial charge in [-0.2, -0.15) is 4.57 Å². The van der Waals surface area contributed by atoms with Crippen molar-refractivity contribution in [2.24, 2.45) is 0 Å². The summed E-state index contributed by atoms with van der Waals surface area (Å²) in [6.45, 7) is 7.72. The Morgan fingerprint density at radius 2 is 2.00 bits per heavy atom. The van der Waals surface area contributed by atoms with Crippen molar-refractivity contribution >= 4 is 62.6 Å². The molecule has 0 amide bonds. The molecule has 9 heteroatoms. The van der Waals surface area contributed by atoms with Gasteiger partial charge < -0.3 is 4.90 Å². The van der Waals surface area contributed by atoms with Crippen molar-refractivity contribution in [3.8, 4) is 0 Å². The van der Waals surface area contributed by atoms with Gasteiger partial charge in [0.05, 0.1) is 17.1 Å². The Morgan fingerprint density at radius 1 is 1.18 bits per heavy atom. The Hall–Kier alpha value is -2.20. The Kier molecular flexibility index (Phi) is 6.07. The van der Waals surface area contributed by atoms with E-state index in [0.29, 0.717) is 11.1 Å². The third-order valence-electron chi connectivity index (χ3n) is 5.66. The first-order chi connectivity index (χ1) is 15.9. The Labute approximate surface area is 207 Å². The van der Waals surface area contributed by atoms with E-state index in [4.69, 9.17) is 0 Å². The molecule has 3 aromatic heterocycles. The Balaban J connectivity index is 1.61. The van der Waals surface area contributed by atoms with Gasteiger partial charge in [0.2, 0.25) is 0 Å². The highest BCUT2D eigenvalue weighted by Gasteiger charge is 2.25. The molecule has 0 unspecified atom stereocenters. The van der Waals surface area contributed by atoms with Gasteiger partial charge in [-0.1, -0.05) is 23.1 Å². The van der Waals surface area contributed by atoms with E-state index in [1.165, 1.54) is 50.5 Å². The van der Waals surface area contributed by atoms with E-state index >= 15 is 0 Å². The molecular weight excluding hydrogens is 494 g/mol. The molecule has 33 heavy (non-hydrogen) atoms. The molecular formula is C24H23FN3OS4+. The molecule has 0 radical (unpaired) electrons. The molecule has 0 bridgehead atoms. The second kappa shape index (κ2) is 8.87. The van der Waals surface area contributed by atoms with Crippen LogP contribution in [-0.4, -0.2) is 11.6 Å². The summed E-state index contributed by atoms with van der Waals surface area (Å²) in [6, 6.07) is 7.02. The molecule has 4 aromatic rings. The average molecular weight is 517 g/mol. The molecule has 5 rings (SSSR count). The molecule has 1 aromatic carbocycles. The standard InChI is InChI=1S/C24H23FN3OS4/c1-5-28-21(12-20-27(8-9-30-20)13-16-10-14(2)31-15(16)3)33-22(23(28)29)24-26(4)18-7-6-17(25)11-19(18)32-24/h6-12H,5,13H2,1-4H3/q+1/b24-22+. The monoisotopic (exact) mass is 516 g/mol. The summed E-state index contributed by atoms with van der Waals surface area (Å²) in [4.78, 5) is 18.8. The maximum absolute atomic E-state index is 13.7. The van der Waals surface area contributed by atoms with Crippen molar-refractivity contribution in [3.05, 3.63) is 81.5 Å². The average Bonchev–Trinajstić information content (AvgIpc) is 3.50. The van der Waals surface area contributed by atoms with Crippen molar-refractivity contribution in [1.29, 1.82) is 0 Å². The number of thiophene rings is 1. The second-order valence-corrected chi connectivity index (χ2v) is 12.3. The third-order valence-corrected chi connectivity index (χ3v) is 9.99. The fourth-order valence-corrected chi connectivity index (χ4v) is 8.27. The normalized spacial score (nSPS) is 15.5. The number of thioether (sulfide) groups is 1. The fraction of sp³-hybridized carbons (Fsp3) is 0.250. The first kappa shape index (κ1) is 22.6. The molecule has 170 valence electrons. The van der Waals surface area contributed by atoms with E-state index in [0.717, 1.165) is 31.8 Å². The molecule has 1 aliphatic rings. The zero-order valence-corrected chi connectivity index (χ0v) is 22.0. The van der Waals surface area contributed by atoms with E-state index < -0.39 is 0 Å². The number of nitrogens with zero attached hydrogens (tertiary/aromatic N) is 3. The number of benzene rings is 1. The van der Waals surface area contributed by atoms with Gasteiger partial charge in [-0.15, -0.1) is 22.7 Å². The van der Waals surface area contributed by atoms with Gasteiger partial charge >= 0.3 is 0 Å². The van der Waals surface area contributed by atoms with Crippen LogP contribution in [0.5, 0.6) is 0 Å². The largest absolute Gasteiger partial charge is 0.337 e. The molecule has 0 N–H and O–H groups in total. The summed E-state index contributed by atoms with van der Waals surface area (Å²) in [5.74, 6) is -0.264. The van der Waals surface area contributed by atoms with E-state index in [9.17, 15) is 9.18 Å². The molecule has 0 fully saturated rings. The van der Waals surface area contributed by atoms with Crippen LogP contribution in [0.1, 0.15) is 27.2 Å². The van der Waals surface area contributed by atoms with Crippen LogP contribution in [0.2, 0.25) is 0 Å². The van der Waals surface area contributed by atoms with Gasteiger partial charge in [-0.25, -0.2) is 4.39 Å². The molecule has 4 heterocycles. The van der Waals surface area contributed by atoms with Crippen molar-refractivity contribution in [3.63, 3.8) is 0 Å². The van der Waals surface area contributed by atoms with Crippen molar-refractivity contribution in [2.75, 3.05) is 11.9 Å². The minimum absolute atomic E-state index is 0.00351. The van der Waals surface area contributed by atoms with Gasteiger partial charge in [-0.3, -0.25) is 9.36 Å². The van der Waals surface area contributed by atoms with Crippen LogP contribution < -0.4 is 24.2 Å². The first-order valence-corrected chi connectivity index (χ1v) is 13.9. The number of hydrogen-bond donors (Lipinski definition) is 0. The van der Waals surface area contributed by atoms with Crippen LogP contribution in [0.3, 0.4) is 0 Å². The zero-order chi connectivity index (χ0) is 23.3. The lowest BCUT2D eigenvalue weighted by Crippen LogP contribution is -2.36. The Bertz CT molecular complexity index is 1540. The summed E-state index contributed by atoms with van der Waals surface area (Å²) in [7, 11) is 1.93. The third kappa shape index (κ3) is 4.12. The minimum atomic E-state index is -0.264. The predicted molar refractivity (Wildman–Crippen MR) is 139 cm³/mol. The molecule has 4 nitrogen and oxygen atoms in total. The number of halogens is 1. The van der Waals surface area contributed by atoms with Crippen LogP contribution in [0.4, 0.5) is 10.1 Å². The van der Waals surface area contributed by atoms with Crippen LogP contribution in [-0.2, 0) is 13.1 Å². The number of thiazole rings is 2. The zero-order valence-electron chi connectivity index (χ0n) is 18.7. The van der Waals surface area contributed by atoms with Gasteiger partial charge in [0.1, 0.15) is 20.0 Å². The topological polar surface area (TPSA) is 29.1 Å². The number of aromatic nitrogens is 2. The fourth-order valence-electron chi connectivity index (χ4n) is 3.99. The van der Waals surface area contributed by atoms with E-state index in [2.05, 4.69) is 42.1 Å². The van der Waals surface area contributed by atoms with Crippen molar-refractivity contribution < 1.29 is 8.96 Å². The maximum atomic E-state index is 13.7. The molecule has 0 spiro atoms. The van der Waals surface area contributed by atoms with Crippen LogP contribution in [0.15, 0.2) is 45.5 Å². The summed E-state index contributed by atoms with van der Waals surface area (Å²) in [6.07, 6.45) is 4.22. The molecule has 0 saturated heterocycles. The Morgan fingerprint density at radius 3 is 2.73 bits per heavy atom. The summed E-state index contributed by atoms with van der Waals surface area (Å²) >= 11 is 6.46. The lowest BCUT2D eigenvalue weighted by Gasteiger charge is -2.12. The molecule has 1 aliphatic heterocycles. The van der Waals surface area contributed by atoms with Gasteiger partial charge in [0, 0.05) is 33.8 Å². The summed E-state index contributed by atoms with van der Waals surface area (Å²) in [5, 5.41) is 4.05. The number of rotatable bonds is 4. The van der Waals surface area contributed by atoms with E-state index in [-0.39, 0.29) is 11.4 Å². The van der Waals surface area contributed by atoms with Gasteiger partial charge in [-0.05, 0) is 45.0 Å². The number of fused-ring (bicyclic) bond motifs is 1. The number of anilines is 1. The first-order valence-electron chi connectivity index (χ1n) is 10.6. The van der Waals surface area contributed by atoms with Gasteiger partial charge in [0.25, 0.3) is 10.6 Å². The van der Waals surface area contributed by atoms with Crippen LogP contribution in [0.25, 0.3) is 11.1 Å². The highest BCUT2D eigenvalue weighted by Crippen LogP contribution is 2.45. The summed E-state index contributed by atoms with van der Waals surface area (Å²) < 4.78 is 19.4. The molecule has 0 atom stereocenters. The smallest absolute Gasteiger partial charge is 0.271 e. The van der Waals surface area contributed by atoms with Crippen LogP contribution in [0, 0.1) is 19.7 Å². The highest BCUT2D eigenvalue weighted by atomic mass is 32.2. The highest BCUT2D eigenvalue weighted by molar-refractivity contribution is 8.08. The predicted octanol–water partition coefficient (Wildman–Crippen LogP) is 4.28. The minimum Gasteiger partial charge on any atom is -0.337 e. The summed E-state index contributed by atoms with van der Waals surface area (Å²) in [5.41, 5.74) is 2.26. The van der Waals surface area contributed by atoms with E-state index in [1.54, 1.807) is 17.4 Å². The number of hydrogen-bond acceptors (Lipinski definition) is 6. The second-order valence-electron chi connectivity index (χ2n) is 7.85.